The van der Waals surface area contributed by atoms with Crippen LogP contribution >= 0.6 is 0 Å². The summed E-state index contributed by atoms with van der Waals surface area (Å²) in [6, 6.07) is 2.23. The zero-order chi connectivity index (χ0) is 10.9. The van der Waals surface area contributed by atoms with Crippen LogP contribution in [-0.2, 0) is 6.18 Å². The number of hydrogen-bond donors (Lipinski definition) is 1. The first-order valence-corrected chi connectivity index (χ1v) is 4.14. The minimum atomic E-state index is -4.52. The summed E-state index contributed by atoms with van der Waals surface area (Å²) in [5.74, 6) is 0.0793. The Balaban J connectivity index is 3.15. The number of alkyl halides is 3. The van der Waals surface area contributed by atoms with Crippen LogP contribution in [0.4, 0.5) is 13.2 Å². The van der Waals surface area contributed by atoms with E-state index in [1.807, 2.05) is 13.8 Å². The third-order valence-electron chi connectivity index (χ3n) is 1.91. The average molecular weight is 206 g/mol. The lowest BCUT2D eigenvalue weighted by atomic mass is 10.1. The van der Waals surface area contributed by atoms with E-state index in [1.165, 1.54) is 6.07 Å². The van der Waals surface area contributed by atoms with Crippen LogP contribution in [0.3, 0.4) is 0 Å². The average Bonchev–Trinajstić information content (AvgIpc) is 2.01. The van der Waals surface area contributed by atoms with E-state index in [0.29, 0.717) is 5.56 Å². The number of halogens is 3. The molecule has 78 valence electrons. The van der Waals surface area contributed by atoms with Gasteiger partial charge in [0.15, 0.2) is 0 Å². The van der Waals surface area contributed by atoms with Crippen molar-refractivity contribution in [1.29, 1.82) is 0 Å². The van der Waals surface area contributed by atoms with Gasteiger partial charge in [0.25, 0.3) is 0 Å². The molecule has 0 fully saturated rings. The van der Waals surface area contributed by atoms with Crippen molar-refractivity contribution in [1.82, 2.24) is 0 Å². The van der Waals surface area contributed by atoms with Crippen molar-refractivity contribution in [2.75, 3.05) is 0 Å². The van der Waals surface area contributed by atoms with Gasteiger partial charge in [0.2, 0.25) is 6.20 Å². The fourth-order valence-electron chi connectivity index (χ4n) is 1.07. The molecule has 0 spiro atoms. The molecule has 1 rings (SSSR count). The van der Waals surface area contributed by atoms with E-state index >= 15 is 0 Å². The van der Waals surface area contributed by atoms with Gasteiger partial charge in [0.05, 0.1) is 0 Å². The molecule has 0 aliphatic carbocycles. The summed E-state index contributed by atoms with van der Waals surface area (Å²) in [6.07, 6.45) is -3.45. The Morgan fingerprint density at radius 2 is 1.86 bits per heavy atom. The molecule has 5 heteroatoms. The first-order valence-electron chi connectivity index (χ1n) is 4.14. The number of pyridine rings is 1. The van der Waals surface area contributed by atoms with Gasteiger partial charge < -0.3 is 0 Å². The van der Waals surface area contributed by atoms with Crippen molar-refractivity contribution in [2.24, 2.45) is 0 Å². The molecule has 1 heterocycles. The van der Waals surface area contributed by atoms with Gasteiger partial charge in [-0.2, -0.15) is 13.2 Å². The predicted molar refractivity (Wildman–Crippen MR) is 42.9 cm³/mol. The minimum Gasteiger partial charge on any atom is -0.285 e. The summed E-state index contributed by atoms with van der Waals surface area (Å²) in [6.45, 7) is 3.67. The van der Waals surface area contributed by atoms with Gasteiger partial charge >= 0.3 is 11.9 Å². The Labute approximate surface area is 79.6 Å². The highest BCUT2D eigenvalue weighted by Gasteiger charge is 2.42. The minimum absolute atomic E-state index is 0.0793. The van der Waals surface area contributed by atoms with E-state index in [2.05, 4.69) is 0 Å². The third kappa shape index (κ3) is 2.16. The van der Waals surface area contributed by atoms with E-state index in [0.717, 1.165) is 12.3 Å². The summed E-state index contributed by atoms with van der Waals surface area (Å²) >= 11 is 0. The molecular formula is C9H11F3NO+. The summed E-state index contributed by atoms with van der Waals surface area (Å²) in [4.78, 5) is 0. The molecule has 1 aromatic rings. The molecule has 0 amide bonds. The second-order valence-electron chi connectivity index (χ2n) is 3.34. The lowest BCUT2D eigenvalue weighted by Crippen LogP contribution is -2.39. The smallest absolute Gasteiger partial charge is 0.285 e. The van der Waals surface area contributed by atoms with E-state index in [9.17, 15) is 13.2 Å². The Morgan fingerprint density at radius 3 is 2.21 bits per heavy atom. The van der Waals surface area contributed by atoms with E-state index in [-0.39, 0.29) is 10.6 Å². The first kappa shape index (κ1) is 10.8. The zero-order valence-corrected chi connectivity index (χ0v) is 7.84. The summed E-state index contributed by atoms with van der Waals surface area (Å²) < 4.78 is 36.7. The largest absolute Gasteiger partial charge is 0.482 e. The maximum Gasteiger partial charge on any atom is 0.482 e. The van der Waals surface area contributed by atoms with Crippen LogP contribution in [-0.4, -0.2) is 5.21 Å². The number of aromatic nitrogens is 1. The van der Waals surface area contributed by atoms with Gasteiger partial charge in [-0.05, 0) is 12.0 Å². The van der Waals surface area contributed by atoms with Gasteiger partial charge in [-0.3, -0.25) is 5.21 Å². The van der Waals surface area contributed by atoms with Crippen molar-refractivity contribution in [3.8, 4) is 0 Å². The van der Waals surface area contributed by atoms with Gasteiger partial charge in [-0.25, -0.2) is 0 Å². The van der Waals surface area contributed by atoms with Gasteiger partial charge in [-0.15, -0.1) is 0 Å². The third-order valence-corrected chi connectivity index (χ3v) is 1.91. The van der Waals surface area contributed by atoms with Gasteiger partial charge in [0.1, 0.15) is 0 Å². The predicted octanol–water partition coefficient (Wildman–Crippen LogP) is 2.35. The Morgan fingerprint density at radius 1 is 1.29 bits per heavy atom. The standard InChI is InChI=1S/C9H11F3NO/c1-6(2)7-3-4-8(9(10,11)12)13(14)5-7/h3-6,14H,1-2H3/q+1. The molecule has 0 aromatic carbocycles. The van der Waals surface area contributed by atoms with Crippen LogP contribution in [0.5, 0.6) is 0 Å². The molecule has 1 aromatic heterocycles. The molecule has 0 saturated heterocycles. The molecular weight excluding hydrogens is 195 g/mol. The van der Waals surface area contributed by atoms with Crippen molar-refractivity contribution in [3.05, 3.63) is 29.6 Å². The van der Waals surface area contributed by atoms with Crippen molar-refractivity contribution < 1.29 is 23.1 Å². The van der Waals surface area contributed by atoms with Crippen LogP contribution in [0.25, 0.3) is 0 Å². The molecule has 1 N–H and O–H groups in total. The molecule has 14 heavy (non-hydrogen) atoms. The Hall–Kier alpha value is -1.26. The SMILES string of the molecule is CC(C)c1ccc(C(F)(F)F)[n+](O)c1. The van der Waals surface area contributed by atoms with E-state index in [1.54, 1.807) is 0 Å². The highest BCUT2D eigenvalue weighted by atomic mass is 19.4. The lowest BCUT2D eigenvalue weighted by molar-refractivity contribution is -0.915. The fourth-order valence-corrected chi connectivity index (χ4v) is 1.07. The van der Waals surface area contributed by atoms with Gasteiger partial charge in [-0.1, -0.05) is 13.8 Å². The summed E-state index contributed by atoms with van der Waals surface area (Å²) in [5.41, 5.74) is -0.414. The Bertz CT molecular complexity index is 333. The normalized spacial score (nSPS) is 12.1. The van der Waals surface area contributed by atoms with Crippen LogP contribution in [0.2, 0.25) is 0 Å². The monoisotopic (exact) mass is 206 g/mol. The quantitative estimate of drug-likeness (QED) is 0.553. The molecule has 0 unspecified atom stereocenters. The fraction of sp³-hybridized carbons (Fsp3) is 0.444. The molecule has 0 atom stereocenters. The van der Waals surface area contributed by atoms with Crippen molar-refractivity contribution in [3.63, 3.8) is 0 Å². The van der Waals surface area contributed by atoms with Crippen LogP contribution in [0, 0.1) is 0 Å². The highest BCUT2D eigenvalue weighted by Crippen LogP contribution is 2.26. The highest BCUT2D eigenvalue weighted by molar-refractivity contribution is 5.14. The maximum atomic E-state index is 12.2. The second-order valence-corrected chi connectivity index (χ2v) is 3.34. The van der Waals surface area contributed by atoms with E-state index < -0.39 is 11.9 Å². The Kier molecular flexibility index (Phi) is 2.69. The van der Waals surface area contributed by atoms with Gasteiger partial charge in [0, 0.05) is 16.4 Å². The van der Waals surface area contributed by atoms with Crippen LogP contribution in [0.15, 0.2) is 18.3 Å². The van der Waals surface area contributed by atoms with Crippen LogP contribution in [0.1, 0.15) is 31.0 Å². The molecule has 0 radical (unpaired) electrons. The molecule has 0 aliphatic rings. The topological polar surface area (TPSA) is 24.1 Å². The number of nitrogens with zero attached hydrogens (tertiary/aromatic N) is 1. The molecule has 0 aliphatic heterocycles. The summed E-state index contributed by atoms with van der Waals surface area (Å²) in [7, 11) is 0. The molecule has 2 nitrogen and oxygen atoms in total. The first-order chi connectivity index (χ1) is 6.32. The van der Waals surface area contributed by atoms with Crippen molar-refractivity contribution in [2.45, 2.75) is 25.9 Å². The summed E-state index contributed by atoms with van der Waals surface area (Å²) in [5, 5.41) is 9.07. The zero-order valence-electron chi connectivity index (χ0n) is 7.84. The van der Waals surface area contributed by atoms with E-state index in [4.69, 9.17) is 5.21 Å². The molecule has 0 bridgehead atoms. The maximum absolute atomic E-state index is 12.2. The second kappa shape index (κ2) is 3.48. The van der Waals surface area contributed by atoms with Crippen LogP contribution < -0.4 is 4.73 Å². The number of hydrogen-bond acceptors (Lipinski definition) is 1. The molecule has 0 saturated carbocycles. The number of rotatable bonds is 1. The van der Waals surface area contributed by atoms with Crippen molar-refractivity contribution >= 4 is 0 Å². The lowest BCUT2D eigenvalue weighted by Gasteiger charge is -2.05.